The predicted octanol–water partition coefficient (Wildman–Crippen LogP) is 23.3. The molecule has 0 saturated carbocycles. The van der Waals surface area contributed by atoms with E-state index in [4.69, 9.17) is 0 Å². The van der Waals surface area contributed by atoms with E-state index >= 15 is 0 Å². The Balaban J connectivity index is 1.01. The summed E-state index contributed by atoms with van der Waals surface area (Å²) in [5.74, 6) is -0.148. The number of allylic oxidation sites excluding steroid dienone is 32. The van der Waals surface area contributed by atoms with Crippen molar-refractivity contribution in [3.8, 4) is 0 Å². The van der Waals surface area contributed by atoms with Crippen LogP contribution in [0.15, 0.2) is 358 Å². The van der Waals surface area contributed by atoms with Crippen molar-refractivity contribution in [2.45, 2.75) is 75.6 Å². The van der Waals surface area contributed by atoms with Gasteiger partial charge in [-0.3, -0.25) is 0 Å². The van der Waals surface area contributed by atoms with Crippen molar-refractivity contribution in [3.05, 3.63) is 381 Å². The Morgan fingerprint density at radius 3 is 0.747 bits per heavy atom. The number of benzene rings is 8. The third-order valence-electron chi connectivity index (χ3n) is 25.7. The van der Waals surface area contributed by atoms with Crippen LogP contribution in [0.4, 0.5) is 0 Å². The molecular weight excluding hydrogens is 1340 g/mol. The Hall–Kier alpha value is -7.48. The first-order valence-electron chi connectivity index (χ1n) is 33.1. The van der Waals surface area contributed by atoms with Crippen LogP contribution in [-0.4, -0.2) is 17.6 Å². The average molecular weight is 1410 g/mol. The Kier molecular flexibility index (Phi) is 11.8. The summed E-state index contributed by atoms with van der Waals surface area (Å²) < 4.78 is -2.83. The molecule has 2 fully saturated rings. The monoisotopic (exact) mass is 1410 g/mol. The first-order valence-corrected chi connectivity index (χ1v) is 53.8. The van der Waals surface area contributed by atoms with Gasteiger partial charge in [0.15, 0.2) is 0 Å². The summed E-state index contributed by atoms with van der Waals surface area (Å²) in [6.45, 7) is 15.7. The zero-order chi connectivity index (χ0) is 61.7. The molecule has 2 saturated heterocycles. The molecule has 5 heteroatoms. The van der Waals surface area contributed by atoms with Crippen molar-refractivity contribution in [1.29, 1.82) is 0 Å². The van der Waals surface area contributed by atoms with Gasteiger partial charge in [-0.1, -0.05) is 0 Å². The second kappa shape index (κ2) is 19.1. The Bertz CT molecular complexity index is 4630. The van der Waals surface area contributed by atoms with Gasteiger partial charge in [-0.25, -0.2) is 0 Å². The summed E-state index contributed by atoms with van der Waals surface area (Å²) in [4.78, 5) is 0. The van der Waals surface area contributed by atoms with Gasteiger partial charge in [0, 0.05) is 0 Å². The number of hydrogen-bond donors (Lipinski definition) is 0. The van der Waals surface area contributed by atoms with Crippen molar-refractivity contribution in [3.63, 3.8) is 0 Å². The molecule has 0 radical (unpaired) electrons. The minimum absolute atomic E-state index is 0.0370. The summed E-state index contributed by atoms with van der Waals surface area (Å²) >= 11 is -7.83. The van der Waals surface area contributed by atoms with E-state index in [1.165, 1.54) is 132 Å². The van der Waals surface area contributed by atoms with Gasteiger partial charge in [-0.05, 0) is 0 Å². The number of halogens is 2. The molecule has 10 aliphatic rings. The maximum atomic E-state index is 11.5. The Labute approximate surface area is 543 Å². The Morgan fingerprint density at radius 2 is 0.516 bits per heavy atom. The molecule has 18 rings (SSSR count). The van der Waals surface area contributed by atoms with Gasteiger partial charge in [0.05, 0.1) is 0 Å². The predicted molar refractivity (Wildman–Crippen MR) is 392 cm³/mol. The second-order valence-electron chi connectivity index (χ2n) is 28.4. The van der Waals surface area contributed by atoms with Crippen LogP contribution < -0.4 is 0 Å². The number of rotatable bonds is 4. The zero-order valence-corrected chi connectivity index (χ0v) is 59.8. The summed E-state index contributed by atoms with van der Waals surface area (Å²) in [6, 6.07) is 64.1. The van der Waals surface area contributed by atoms with Crippen LogP contribution in [-0.2, 0) is 14.7 Å². The van der Waals surface area contributed by atoms with Crippen molar-refractivity contribution in [2.75, 3.05) is 0 Å². The van der Waals surface area contributed by atoms with Crippen molar-refractivity contribution >= 4 is 77.8 Å². The molecule has 91 heavy (non-hydrogen) atoms. The summed E-state index contributed by atoms with van der Waals surface area (Å²) in [7, 11) is 17.9. The van der Waals surface area contributed by atoms with Crippen LogP contribution in [0.5, 0.6) is 0 Å². The standard InChI is InChI=1S/2C43H36Si.2ClH.Hf/c2*1-28-24-40-36(34-22-20-30-12-4-6-14-32(30)26-34)16-8-10-18-38(40)42(28)44(3)43-29(2)25-41-37(17-9-11-19-39(41)43)35-23-21-31-13-5-7-15-33(31)27-35;;;/h2*4-27,36-37,44H,1-3H3;2*1H;/q;;;;+2/p-2. The molecule has 8 aliphatic carbocycles. The van der Waals surface area contributed by atoms with E-state index in [0.29, 0.717) is 0 Å². The fraction of sp³-hybridized carbons (Fsp3) is 0.163. The van der Waals surface area contributed by atoms with Crippen LogP contribution in [0.3, 0.4) is 0 Å². The van der Waals surface area contributed by atoms with E-state index < -0.39 is 43.4 Å². The average Bonchev–Trinajstić information content (AvgIpc) is 1.52. The molecule has 0 bridgehead atoms. The molecular formula is C86H72Cl2HfSi2. The van der Waals surface area contributed by atoms with Crippen LogP contribution in [0.2, 0.25) is 24.3 Å². The molecule has 2 aliphatic heterocycles. The molecule has 0 N–H and O–H groups in total. The first kappa shape index (κ1) is 56.3. The van der Waals surface area contributed by atoms with Crippen LogP contribution in [0, 0.1) is 0 Å². The molecule has 5 spiro atoms. The molecule has 8 aromatic rings. The normalized spacial score (nSPS) is 32.1. The summed E-state index contributed by atoms with van der Waals surface area (Å²) in [6.07, 6.45) is 49.7. The zero-order valence-electron chi connectivity index (χ0n) is 52.4. The van der Waals surface area contributed by atoms with E-state index in [0.717, 1.165) is 0 Å². The quantitative estimate of drug-likeness (QED) is 0.154. The molecule has 2 heterocycles. The van der Waals surface area contributed by atoms with E-state index in [1.807, 2.05) is 0 Å². The molecule has 442 valence electrons. The number of hydrogen-bond acceptors (Lipinski definition) is 0. The van der Waals surface area contributed by atoms with Crippen LogP contribution in [0.1, 0.15) is 73.6 Å². The van der Waals surface area contributed by atoms with E-state index in [2.05, 4.69) is 332 Å². The topological polar surface area (TPSA) is 0 Å². The van der Waals surface area contributed by atoms with Gasteiger partial charge in [0.25, 0.3) is 0 Å². The molecule has 0 amide bonds. The third kappa shape index (κ3) is 6.09. The van der Waals surface area contributed by atoms with Crippen molar-refractivity contribution in [2.24, 2.45) is 0 Å². The van der Waals surface area contributed by atoms with E-state index in [-0.39, 0.29) is 23.7 Å². The van der Waals surface area contributed by atoms with Crippen molar-refractivity contribution < 1.29 is 14.7 Å². The fourth-order valence-electron chi connectivity index (χ4n) is 23.5. The fourth-order valence-corrected chi connectivity index (χ4v) is 195. The molecule has 0 nitrogen and oxygen atoms in total. The van der Waals surface area contributed by atoms with Gasteiger partial charge in [0.2, 0.25) is 0 Å². The van der Waals surface area contributed by atoms with Gasteiger partial charge in [-0.15, -0.1) is 0 Å². The summed E-state index contributed by atoms with van der Waals surface area (Å²) in [5, 5.41) is 10.0. The van der Waals surface area contributed by atoms with Crippen LogP contribution in [0.25, 0.3) is 43.1 Å². The van der Waals surface area contributed by atoms with E-state index in [1.54, 1.807) is 0 Å². The number of fused-ring (bicyclic) bond motifs is 12. The van der Waals surface area contributed by atoms with Crippen LogP contribution >= 0.6 is 17.2 Å². The van der Waals surface area contributed by atoms with Gasteiger partial charge in [0.1, 0.15) is 0 Å². The molecule has 8 atom stereocenters. The summed E-state index contributed by atoms with van der Waals surface area (Å²) in [5.41, 5.74) is 21.7. The minimum atomic E-state index is -7.83. The SMILES string of the molecule is CC1=CC2=C(C=CC=CC2c2ccc3ccccc3c2)[C]12[SiH](C)[C]1(C(C)=CC3=C1C=CC=CC3c1ccc3ccccc3c1)[Hf]21([Cl])([Cl])[C]2(C(C)=CC3=C2C=CC=CC3c2ccc3ccccc3c2)[SiH](C)[C]12C(C)=CC1=C2C=CC=CC1c1ccc2ccccc2c1. The van der Waals surface area contributed by atoms with Gasteiger partial charge in [-0.2, -0.15) is 0 Å². The first-order chi connectivity index (χ1) is 44.2. The van der Waals surface area contributed by atoms with Gasteiger partial charge >= 0.3 is 549 Å². The second-order valence-corrected chi connectivity index (χ2v) is 82.7. The Morgan fingerprint density at radius 1 is 0.297 bits per heavy atom. The van der Waals surface area contributed by atoms with Gasteiger partial charge < -0.3 is 0 Å². The maximum absolute atomic E-state index is 11.5. The molecule has 0 aromatic heterocycles. The van der Waals surface area contributed by atoms with E-state index in [9.17, 15) is 17.2 Å². The van der Waals surface area contributed by atoms with Crippen molar-refractivity contribution in [1.82, 2.24) is 0 Å². The molecule has 8 aromatic carbocycles. The molecule has 8 unspecified atom stereocenters. The third-order valence-corrected chi connectivity index (χ3v) is 143.